The van der Waals surface area contributed by atoms with E-state index in [1.54, 1.807) is 12.5 Å². The van der Waals surface area contributed by atoms with Gasteiger partial charge in [-0.25, -0.2) is 9.97 Å². The molecular formula is C13H16N8. The molecule has 0 saturated carbocycles. The monoisotopic (exact) mass is 284 g/mol. The minimum Gasteiger partial charge on any atom is -0.343 e. The second-order valence-corrected chi connectivity index (χ2v) is 5.30. The lowest BCUT2D eigenvalue weighted by Crippen LogP contribution is -2.35. The van der Waals surface area contributed by atoms with E-state index in [-0.39, 0.29) is 6.04 Å². The van der Waals surface area contributed by atoms with E-state index in [2.05, 4.69) is 35.3 Å². The molecule has 1 saturated heterocycles. The standard InChI is InChI=1S/C13H16N8/c1-9-16-11(18-17-9)10-4-2-3-6-21(10)12-13-19-15-8-20(13)7-5-14-12/h5,7-8,10H,2-4,6H2,1H3,(H,16,17,18)/t10-/m0/s1. The molecule has 1 N–H and O–H groups in total. The number of aromatic amines is 1. The summed E-state index contributed by atoms with van der Waals surface area (Å²) in [5.74, 6) is 2.52. The number of piperidine rings is 1. The van der Waals surface area contributed by atoms with Gasteiger partial charge in [-0.1, -0.05) is 0 Å². The number of nitrogens with zero attached hydrogens (tertiary/aromatic N) is 7. The van der Waals surface area contributed by atoms with Gasteiger partial charge < -0.3 is 4.90 Å². The van der Waals surface area contributed by atoms with E-state index >= 15 is 0 Å². The highest BCUT2D eigenvalue weighted by Crippen LogP contribution is 2.33. The fraction of sp³-hybridized carbons (Fsp3) is 0.462. The van der Waals surface area contributed by atoms with Crippen LogP contribution in [-0.2, 0) is 0 Å². The topological polar surface area (TPSA) is 87.9 Å². The van der Waals surface area contributed by atoms with Gasteiger partial charge in [0.2, 0.25) is 5.65 Å². The third kappa shape index (κ3) is 2.03. The van der Waals surface area contributed by atoms with Crippen LogP contribution in [0.2, 0.25) is 0 Å². The molecule has 8 nitrogen and oxygen atoms in total. The van der Waals surface area contributed by atoms with Crippen molar-refractivity contribution < 1.29 is 0 Å². The Morgan fingerprint density at radius 2 is 2.29 bits per heavy atom. The van der Waals surface area contributed by atoms with Crippen molar-refractivity contribution in [1.29, 1.82) is 0 Å². The molecule has 4 rings (SSSR count). The number of H-pyrrole nitrogens is 1. The Bertz CT molecular complexity index is 760. The molecule has 1 aliphatic rings. The Morgan fingerprint density at radius 1 is 1.33 bits per heavy atom. The molecule has 0 amide bonds. The van der Waals surface area contributed by atoms with Crippen LogP contribution < -0.4 is 4.90 Å². The van der Waals surface area contributed by atoms with E-state index in [1.165, 1.54) is 6.42 Å². The second-order valence-electron chi connectivity index (χ2n) is 5.30. The molecule has 0 bridgehead atoms. The van der Waals surface area contributed by atoms with Crippen LogP contribution >= 0.6 is 0 Å². The summed E-state index contributed by atoms with van der Waals surface area (Å²) in [6.45, 7) is 2.85. The van der Waals surface area contributed by atoms with Gasteiger partial charge in [-0.2, -0.15) is 5.10 Å². The maximum absolute atomic E-state index is 4.52. The van der Waals surface area contributed by atoms with Gasteiger partial charge in [-0.05, 0) is 26.2 Å². The number of fused-ring (bicyclic) bond motifs is 1. The van der Waals surface area contributed by atoms with Crippen LogP contribution in [0.4, 0.5) is 5.82 Å². The lowest BCUT2D eigenvalue weighted by molar-refractivity contribution is 0.454. The van der Waals surface area contributed by atoms with Crippen molar-refractivity contribution in [2.75, 3.05) is 11.4 Å². The first-order valence-electron chi connectivity index (χ1n) is 7.13. The van der Waals surface area contributed by atoms with Crippen LogP contribution in [0.1, 0.15) is 37.0 Å². The Kier molecular flexibility index (Phi) is 2.80. The molecule has 0 radical (unpaired) electrons. The van der Waals surface area contributed by atoms with Crippen molar-refractivity contribution in [3.63, 3.8) is 0 Å². The normalized spacial score (nSPS) is 19.3. The highest BCUT2D eigenvalue weighted by atomic mass is 15.3. The minimum absolute atomic E-state index is 0.138. The molecular weight excluding hydrogens is 268 g/mol. The fourth-order valence-corrected chi connectivity index (χ4v) is 2.91. The maximum Gasteiger partial charge on any atom is 0.203 e. The lowest BCUT2D eigenvalue weighted by atomic mass is 10.0. The van der Waals surface area contributed by atoms with Gasteiger partial charge in [0.05, 0.1) is 6.04 Å². The molecule has 3 aromatic rings. The molecule has 0 aromatic carbocycles. The van der Waals surface area contributed by atoms with Crippen molar-refractivity contribution in [1.82, 2.24) is 34.8 Å². The smallest absolute Gasteiger partial charge is 0.203 e. The summed E-state index contributed by atoms with van der Waals surface area (Å²) in [5, 5.41) is 15.4. The lowest BCUT2D eigenvalue weighted by Gasteiger charge is -2.34. The summed E-state index contributed by atoms with van der Waals surface area (Å²) >= 11 is 0. The third-order valence-electron chi connectivity index (χ3n) is 3.88. The Hall–Kier alpha value is -2.51. The van der Waals surface area contributed by atoms with Crippen LogP contribution in [0.25, 0.3) is 5.65 Å². The van der Waals surface area contributed by atoms with E-state index in [0.29, 0.717) is 0 Å². The van der Waals surface area contributed by atoms with E-state index in [0.717, 1.165) is 42.5 Å². The fourth-order valence-electron chi connectivity index (χ4n) is 2.91. The second kappa shape index (κ2) is 4.80. The van der Waals surface area contributed by atoms with Gasteiger partial charge in [0.15, 0.2) is 11.6 Å². The van der Waals surface area contributed by atoms with E-state index in [9.17, 15) is 0 Å². The molecule has 0 unspecified atom stereocenters. The summed E-state index contributed by atoms with van der Waals surface area (Å²) < 4.78 is 1.89. The molecule has 1 atom stereocenters. The number of hydrogen-bond acceptors (Lipinski definition) is 6. The molecule has 8 heteroatoms. The highest BCUT2D eigenvalue weighted by Gasteiger charge is 2.29. The predicted octanol–water partition coefficient (Wildman–Crippen LogP) is 1.28. The Labute approximate surface area is 121 Å². The SMILES string of the molecule is Cc1nc([C@@H]2CCCCN2c2nccn3cnnc23)n[nH]1. The van der Waals surface area contributed by atoms with E-state index in [4.69, 9.17) is 0 Å². The molecule has 108 valence electrons. The van der Waals surface area contributed by atoms with Crippen molar-refractivity contribution in [2.45, 2.75) is 32.2 Å². The summed E-state index contributed by atoms with van der Waals surface area (Å²) in [5.41, 5.74) is 0.775. The number of aromatic nitrogens is 7. The predicted molar refractivity (Wildman–Crippen MR) is 75.8 cm³/mol. The number of anilines is 1. The molecule has 21 heavy (non-hydrogen) atoms. The Balaban J connectivity index is 1.79. The van der Waals surface area contributed by atoms with Gasteiger partial charge in [0.25, 0.3) is 0 Å². The minimum atomic E-state index is 0.138. The van der Waals surface area contributed by atoms with E-state index < -0.39 is 0 Å². The first-order chi connectivity index (χ1) is 10.3. The molecule has 0 aliphatic carbocycles. The van der Waals surface area contributed by atoms with Crippen LogP contribution in [0.15, 0.2) is 18.7 Å². The summed E-state index contributed by atoms with van der Waals surface area (Å²) in [6, 6.07) is 0.138. The van der Waals surface area contributed by atoms with Gasteiger partial charge in [0, 0.05) is 18.9 Å². The van der Waals surface area contributed by atoms with Crippen molar-refractivity contribution in [3.8, 4) is 0 Å². The van der Waals surface area contributed by atoms with Gasteiger partial charge in [-0.15, -0.1) is 10.2 Å². The van der Waals surface area contributed by atoms with Crippen LogP contribution in [-0.4, -0.2) is 41.3 Å². The molecule has 3 aromatic heterocycles. The zero-order chi connectivity index (χ0) is 14.2. The average Bonchev–Trinajstić information content (AvgIpc) is 3.15. The van der Waals surface area contributed by atoms with E-state index in [1.807, 2.05) is 17.5 Å². The largest absolute Gasteiger partial charge is 0.343 e. The van der Waals surface area contributed by atoms with Crippen molar-refractivity contribution in [2.24, 2.45) is 0 Å². The third-order valence-corrected chi connectivity index (χ3v) is 3.88. The Morgan fingerprint density at radius 3 is 3.14 bits per heavy atom. The molecule has 1 fully saturated rings. The number of hydrogen-bond donors (Lipinski definition) is 1. The average molecular weight is 284 g/mol. The quantitative estimate of drug-likeness (QED) is 0.762. The zero-order valence-electron chi connectivity index (χ0n) is 11.8. The summed E-state index contributed by atoms with van der Waals surface area (Å²) in [7, 11) is 0. The van der Waals surface area contributed by atoms with Crippen LogP contribution in [0.3, 0.4) is 0 Å². The van der Waals surface area contributed by atoms with Gasteiger partial charge in [-0.3, -0.25) is 9.50 Å². The molecule has 1 aliphatic heterocycles. The summed E-state index contributed by atoms with van der Waals surface area (Å²) in [6.07, 6.45) is 8.65. The van der Waals surface area contributed by atoms with Gasteiger partial charge >= 0.3 is 0 Å². The van der Waals surface area contributed by atoms with Crippen LogP contribution in [0.5, 0.6) is 0 Å². The summed E-state index contributed by atoms with van der Waals surface area (Å²) in [4.78, 5) is 11.3. The number of aryl methyl sites for hydroxylation is 1. The zero-order valence-corrected chi connectivity index (χ0v) is 11.8. The van der Waals surface area contributed by atoms with Crippen LogP contribution in [0, 0.1) is 6.92 Å². The first-order valence-corrected chi connectivity index (χ1v) is 7.13. The maximum atomic E-state index is 4.52. The highest BCUT2D eigenvalue weighted by molar-refractivity contribution is 5.64. The number of rotatable bonds is 2. The first kappa shape index (κ1) is 12.2. The number of nitrogens with one attached hydrogen (secondary N) is 1. The molecule has 4 heterocycles. The van der Waals surface area contributed by atoms with Gasteiger partial charge in [0.1, 0.15) is 12.2 Å². The van der Waals surface area contributed by atoms with Crippen molar-refractivity contribution >= 4 is 11.5 Å². The van der Waals surface area contributed by atoms with Crippen molar-refractivity contribution in [3.05, 3.63) is 30.4 Å². The molecule has 0 spiro atoms.